The van der Waals surface area contributed by atoms with E-state index in [4.69, 9.17) is 19.7 Å². The highest BCUT2D eigenvalue weighted by Crippen LogP contribution is 2.50. The fourth-order valence-corrected chi connectivity index (χ4v) is 7.94. The number of anilines is 1. The molecule has 4 saturated heterocycles. The van der Waals surface area contributed by atoms with E-state index in [1.165, 1.54) is 31.2 Å². The van der Waals surface area contributed by atoms with Gasteiger partial charge in [0, 0.05) is 36.9 Å². The van der Waals surface area contributed by atoms with E-state index in [-0.39, 0.29) is 17.4 Å². The Kier molecular flexibility index (Phi) is 5.60. The first-order valence-electron chi connectivity index (χ1n) is 14.9. The van der Waals surface area contributed by atoms with E-state index in [0.717, 1.165) is 56.8 Å². The molecule has 8 rings (SSSR count). The van der Waals surface area contributed by atoms with Gasteiger partial charge in [0.2, 0.25) is 0 Å². The minimum absolute atomic E-state index is 0.0779. The average Bonchev–Trinajstić information content (AvgIpc) is 3.22. The Hall–Kier alpha value is -2.84. The van der Waals surface area contributed by atoms with Crippen molar-refractivity contribution >= 4 is 16.7 Å². The molecule has 204 valence electrons. The summed E-state index contributed by atoms with van der Waals surface area (Å²) in [5.41, 5.74) is 2.83. The van der Waals surface area contributed by atoms with Gasteiger partial charge in [0.05, 0.1) is 10.9 Å². The largest absolute Gasteiger partial charge is 0.461 e. The van der Waals surface area contributed by atoms with E-state index in [1.807, 2.05) is 18.2 Å². The van der Waals surface area contributed by atoms with Gasteiger partial charge in [-0.15, -0.1) is 0 Å². The number of benzene rings is 1. The van der Waals surface area contributed by atoms with Crippen LogP contribution in [0.15, 0.2) is 30.5 Å². The summed E-state index contributed by atoms with van der Waals surface area (Å²) in [7, 11) is 0. The van der Waals surface area contributed by atoms with Crippen molar-refractivity contribution in [2.24, 2.45) is 5.92 Å². The van der Waals surface area contributed by atoms with Gasteiger partial charge in [-0.3, -0.25) is 9.88 Å². The summed E-state index contributed by atoms with van der Waals surface area (Å²) in [6, 6.07) is 9.30. The first kappa shape index (κ1) is 24.0. The Morgan fingerprint density at radius 3 is 2.56 bits per heavy atom. The van der Waals surface area contributed by atoms with E-state index in [0.29, 0.717) is 47.1 Å². The molecule has 0 unspecified atom stereocenters. The van der Waals surface area contributed by atoms with Crippen LogP contribution in [0.2, 0.25) is 0 Å². The predicted molar refractivity (Wildman–Crippen MR) is 150 cm³/mol. The lowest BCUT2D eigenvalue weighted by molar-refractivity contribution is 0.108. The molecule has 39 heavy (non-hydrogen) atoms. The van der Waals surface area contributed by atoms with Gasteiger partial charge >= 0.3 is 6.01 Å². The van der Waals surface area contributed by atoms with E-state index in [2.05, 4.69) is 28.1 Å². The molecule has 8 heteroatoms. The smallest absolute Gasteiger partial charge is 0.319 e. The summed E-state index contributed by atoms with van der Waals surface area (Å²) in [6.45, 7) is 6.80. The highest BCUT2D eigenvalue weighted by molar-refractivity contribution is 5.92. The zero-order chi connectivity index (χ0) is 26.1. The summed E-state index contributed by atoms with van der Waals surface area (Å²) in [6.07, 6.45) is 9.97. The van der Waals surface area contributed by atoms with Gasteiger partial charge in [-0.1, -0.05) is 31.2 Å². The van der Waals surface area contributed by atoms with Gasteiger partial charge in [0.25, 0.3) is 0 Å². The van der Waals surface area contributed by atoms with Crippen LogP contribution in [0.25, 0.3) is 22.2 Å². The van der Waals surface area contributed by atoms with Crippen molar-refractivity contribution in [2.75, 3.05) is 37.7 Å². The summed E-state index contributed by atoms with van der Waals surface area (Å²) >= 11 is 0. The number of ether oxygens (including phenoxy) is 1. The molecular weight excluding hydrogens is 491 g/mol. The molecule has 1 saturated carbocycles. The van der Waals surface area contributed by atoms with Crippen LogP contribution < -0.4 is 15.0 Å². The third-order valence-corrected chi connectivity index (χ3v) is 10.2. The molecule has 1 aliphatic carbocycles. The Morgan fingerprint density at radius 1 is 1.08 bits per heavy atom. The van der Waals surface area contributed by atoms with Crippen molar-refractivity contribution in [1.29, 1.82) is 0 Å². The fourth-order valence-electron chi connectivity index (χ4n) is 7.94. The van der Waals surface area contributed by atoms with Crippen LogP contribution in [-0.2, 0) is 0 Å². The monoisotopic (exact) mass is 528 g/mol. The van der Waals surface area contributed by atoms with E-state index in [9.17, 15) is 0 Å². The van der Waals surface area contributed by atoms with Crippen molar-refractivity contribution in [1.82, 2.24) is 25.2 Å². The first-order chi connectivity index (χ1) is 19.1. The Bertz CT molecular complexity index is 1410. The van der Waals surface area contributed by atoms with Crippen molar-refractivity contribution < 1.29 is 9.13 Å². The maximum Gasteiger partial charge on any atom is 0.319 e. The van der Waals surface area contributed by atoms with Crippen LogP contribution in [0.1, 0.15) is 63.4 Å². The van der Waals surface area contributed by atoms with Gasteiger partial charge in [0.15, 0.2) is 5.82 Å². The summed E-state index contributed by atoms with van der Waals surface area (Å²) in [4.78, 5) is 19.3. The number of aromatic nitrogens is 3. The van der Waals surface area contributed by atoms with Gasteiger partial charge in [-0.2, -0.15) is 9.97 Å². The lowest BCUT2D eigenvalue weighted by atomic mass is 9.95. The topological polar surface area (TPSA) is 66.4 Å². The Balaban J connectivity index is 1.22. The zero-order valence-corrected chi connectivity index (χ0v) is 22.7. The van der Waals surface area contributed by atoms with Crippen molar-refractivity contribution in [2.45, 2.75) is 75.4 Å². The number of halogens is 1. The quantitative estimate of drug-likeness (QED) is 0.488. The fraction of sp³-hybridized carbons (Fsp3) is 0.581. The van der Waals surface area contributed by atoms with Crippen molar-refractivity contribution in [3.63, 3.8) is 0 Å². The minimum Gasteiger partial charge on any atom is -0.461 e. The highest BCUT2D eigenvalue weighted by atomic mass is 19.1. The van der Waals surface area contributed by atoms with Gasteiger partial charge < -0.3 is 15.0 Å². The molecule has 2 aromatic heterocycles. The molecule has 1 aromatic carbocycles. The number of hydrogen-bond acceptors (Lipinski definition) is 7. The minimum atomic E-state index is -0.374. The van der Waals surface area contributed by atoms with E-state index in [1.54, 1.807) is 6.20 Å². The first-order valence-corrected chi connectivity index (χ1v) is 14.9. The molecule has 5 aliphatic rings. The van der Waals surface area contributed by atoms with Crippen molar-refractivity contribution in [3.8, 4) is 17.3 Å². The molecular formula is C31H37FN6O. The van der Waals surface area contributed by atoms with Gasteiger partial charge in [-0.25, -0.2) is 4.39 Å². The van der Waals surface area contributed by atoms with Crippen LogP contribution in [0.4, 0.5) is 10.2 Å². The summed E-state index contributed by atoms with van der Waals surface area (Å²) < 4.78 is 22.9. The predicted octanol–water partition coefficient (Wildman–Crippen LogP) is 4.90. The number of hydrogen-bond donors (Lipinski definition) is 1. The number of nitrogens with one attached hydrogen (secondary N) is 1. The van der Waals surface area contributed by atoms with Crippen LogP contribution in [0, 0.1) is 11.7 Å². The van der Waals surface area contributed by atoms with Gasteiger partial charge in [0.1, 0.15) is 23.6 Å². The van der Waals surface area contributed by atoms with E-state index < -0.39 is 0 Å². The van der Waals surface area contributed by atoms with Crippen LogP contribution in [-0.4, -0.2) is 70.3 Å². The molecule has 2 bridgehead atoms. The third kappa shape index (κ3) is 4.01. The Labute approximate surface area is 229 Å². The second kappa shape index (κ2) is 9.10. The third-order valence-electron chi connectivity index (χ3n) is 10.2. The maximum atomic E-state index is 16.5. The number of nitrogens with zero attached hydrogens (tertiary/aromatic N) is 5. The second-order valence-corrected chi connectivity index (χ2v) is 12.7. The highest BCUT2D eigenvalue weighted by Gasteiger charge is 2.45. The lowest BCUT2D eigenvalue weighted by Crippen LogP contribution is -2.51. The molecule has 5 fully saturated rings. The summed E-state index contributed by atoms with van der Waals surface area (Å²) in [5.74, 6) is 1.47. The SMILES string of the molecule is C[C@@H]1C[C@@H]1c1ccccc1-c1ncc2c(N3C[C@H]4CC[C@@H](C3)N4)nc(OCC34CCCN3CCC4)nc2c1F. The number of fused-ring (bicyclic) bond motifs is 4. The molecule has 3 aromatic rings. The molecule has 4 atom stereocenters. The Morgan fingerprint density at radius 2 is 1.82 bits per heavy atom. The number of piperazine rings is 1. The number of rotatable bonds is 6. The molecule has 0 spiro atoms. The molecule has 7 nitrogen and oxygen atoms in total. The lowest BCUT2D eigenvalue weighted by Gasteiger charge is -2.34. The van der Waals surface area contributed by atoms with Gasteiger partial charge in [-0.05, 0) is 75.4 Å². The molecule has 4 aliphatic heterocycles. The van der Waals surface area contributed by atoms with Crippen LogP contribution >= 0.6 is 0 Å². The second-order valence-electron chi connectivity index (χ2n) is 12.7. The molecule has 6 heterocycles. The average molecular weight is 529 g/mol. The van der Waals surface area contributed by atoms with Crippen molar-refractivity contribution in [3.05, 3.63) is 41.8 Å². The molecule has 0 radical (unpaired) electrons. The molecule has 0 amide bonds. The number of pyridine rings is 1. The standard InChI is InChI=1S/C31H37FN6O/c1-19-14-24(19)22-6-2-3-7-23(22)27-26(32)28-25(15-33-27)29(37-16-20-8-9-21(17-37)34-20)36-30(35-28)39-18-31-10-4-12-38(31)13-5-11-31/h2-3,6-7,15,19-21,24,34H,4-5,8-14,16-18H2,1H3/t19-,20-,21+,24+/m1/s1. The van der Waals surface area contributed by atoms with Crippen LogP contribution in [0.3, 0.4) is 0 Å². The molecule has 1 N–H and O–H groups in total. The normalized spacial score (nSPS) is 29.2. The van der Waals surface area contributed by atoms with Crippen LogP contribution in [0.5, 0.6) is 6.01 Å². The maximum absolute atomic E-state index is 16.5. The summed E-state index contributed by atoms with van der Waals surface area (Å²) in [5, 5.41) is 4.37. The zero-order valence-electron chi connectivity index (χ0n) is 22.7. The van der Waals surface area contributed by atoms with E-state index >= 15 is 4.39 Å².